The van der Waals surface area contributed by atoms with Crippen LogP contribution in [-0.2, 0) is 0 Å². The third-order valence-electron chi connectivity index (χ3n) is 3.23. The number of nitrogens with one attached hydrogen (secondary N) is 2. The van der Waals surface area contributed by atoms with Crippen LogP contribution in [0.4, 0.5) is 11.6 Å². The Hall–Kier alpha value is -3.22. The van der Waals surface area contributed by atoms with Crippen molar-refractivity contribution in [2.45, 2.75) is 0 Å². The second-order valence-electron chi connectivity index (χ2n) is 4.52. The van der Waals surface area contributed by atoms with Gasteiger partial charge in [-0.25, -0.2) is 9.97 Å². The molecule has 102 valence electrons. The molecule has 4 heterocycles. The van der Waals surface area contributed by atoms with Crippen LogP contribution < -0.4 is 10.8 Å². The molecule has 0 aliphatic rings. The van der Waals surface area contributed by atoms with E-state index in [1.54, 1.807) is 24.8 Å². The minimum atomic E-state index is 0.642. The van der Waals surface area contributed by atoms with E-state index in [0.29, 0.717) is 17.1 Å². The number of rotatable bonds is 3. The molecule has 0 bridgehead atoms. The van der Waals surface area contributed by atoms with Crippen LogP contribution >= 0.6 is 0 Å². The highest BCUT2D eigenvalue weighted by atomic mass is 15.1. The maximum Gasteiger partial charge on any atom is 0.158 e. The second-order valence-corrected chi connectivity index (χ2v) is 4.52. The second kappa shape index (κ2) is 4.41. The molecule has 21 heavy (non-hydrogen) atoms. The van der Waals surface area contributed by atoms with E-state index in [0.717, 1.165) is 16.8 Å². The van der Waals surface area contributed by atoms with Gasteiger partial charge in [0.2, 0.25) is 0 Å². The maximum absolute atomic E-state index is 4.46. The van der Waals surface area contributed by atoms with Gasteiger partial charge < -0.3 is 5.32 Å². The van der Waals surface area contributed by atoms with Crippen LogP contribution in [0.25, 0.3) is 23.4 Å². The van der Waals surface area contributed by atoms with Crippen molar-refractivity contribution in [2.75, 3.05) is 5.32 Å². The Balaban J connectivity index is 1.84. The van der Waals surface area contributed by atoms with Gasteiger partial charge in [-0.2, -0.15) is 5.10 Å². The third kappa shape index (κ3) is 1.83. The number of aromatic amines is 1. The minimum absolute atomic E-state index is 0.642. The van der Waals surface area contributed by atoms with Crippen molar-refractivity contribution >= 4 is 23.7 Å². The van der Waals surface area contributed by atoms with E-state index in [2.05, 4.69) is 37.0 Å². The lowest BCUT2D eigenvalue weighted by molar-refractivity contribution is 1.09. The summed E-state index contributed by atoms with van der Waals surface area (Å²) in [6.07, 6.45) is 8.50. The van der Waals surface area contributed by atoms with Gasteiger partial charge in [0.05, 0.1) is 23.6 Å². The predicted molar refractivity (Wildman–Crippen MR) is 78.8 cm³/mol. The predicted octanol–water partition coefficient (Wildman–Crippen LogP) is 1.39. The average Bonchev–Trinajstić information content (AvgIpc) is 3.20. The zero-order valence-corrected chi connectivity index (χ0v) is 11.0. The highest BCUT2D eigenvalue weighted by Crippen LogP contribution is 2.24. The van der Waals surface area contributed by atoms with Crippen LogP contribution in [0, 0.1) is 0 Å². The van der Waals surface area contributed by atoms with E-state index in [9.17, 15) is 0 Å². The lowest BCUT2D eigenvalue weighted by atomic mass is 10.3. The number of H-pyrrole nitrogens is 1. The highest BCUT2D eigenvalue weighted by Gasteiger charge is 2.13. The summed E-state index contributed by atoms with van der Waals surface area (Å²) >= 11 is 0. The molecule has 0 aromatic carbocycles. The van der Waals surface area contributed by atoms with Gasteiger partial charge in [-0.15, -0.1) is 0 Å². The molecule has 0 aliphatic carbocycles. The SMILES string of the molecule is C=c1nc(Nc2cnccn2)c2ccc(-c3cn[nH]c3)n12. The van der Waals surface area contributed by atoms with Crippen LogP contribution in [0.15, 0.2) is 43.1 Å². The summed E-state index contributed by atoms with van der Waals surface area (Å²) in [5, 5.41) is 9.94. The quantitative estimate of drug-likeness (QED) is 0.591. The molecule has 2 N–H and O–H groups in total. The van der Waals surface area contributed by atoms with E-state index in [1.165, 1.54) is 0 Å². The molecule has 0 unspecified atom stereocenters. The van der Waals surface area contributed by atoms with Crippen molar-refractivity contribution in [3.05, 3.63) is 48.6 Å². The van der Waals surface area contributed by atoms with Crippen LogP contribution in [0.3, 0.4) is 0 Å². The average molecular weight is 277 g/mol. The fourth-order valence-electron chi connectivity index (χ4n) is 2.33. The number of aromatic nitrogens is 6. The monoisotopic (exact) mass is 277 g/mol. The first kappa shape index (κ1) is 11.6. The van der Waals surface area contributed by atoms with Crippen molar-refractivity contribution in [1.82, 2.24) is 29.5 Å². The van der Waals surface area contributed by atoms with Crippen LogP contribution in [-0.4, -0.2) is 29.5 Å². The van der Waals surface area contributed by atoms with Crippen molar-refractivity contribution in [1.29, 1.82) is 0 Å². The first-order chi connectivity index (χ1) is 10.3. The first-order valence-corrected chi connectivity index (χ1v) is 6.35. The largest absolute Gasteiger partial charge is 0.322 e. The molecule has 0 amide bonds. The van der Waals surface area contributed by atoms with Crippen molar-refractivity contribution < 1.29 is 0 Å². The molecule has 0 fully saturated rings. The molecule has 0 aliphatic heterocycles. The van der Waals surface area contributed by atoms with Crippen LogP contribution in [0.1, 0.15) is 0 Å². The van der Waals surface area contributed by atoms with Gasteiger partial charge in [0.25, 0.3) is 0 Å². The number of nitrogens with zero attached hydrogens (tertiary/aromatic N) is 5. The van der Waals surface area contributed by atoms with E-state index in [-0.39, 0.29) is 0 Å². The van der Waals surface area contributed by atoms with Gasteiger partial charge in [0.15, 0.2) is 5.82 Å². The summed E-state index contributed by atoms with van der Waals surface area (Å²) < 4.78 is 1.98. The first-order valence-electron chi connectivity index (χ1n) is 6.35. The van der Waals surface area contributed by atoms with E-state index >= 15 is 0 Å². The van der Waals surface area contributed by atoms with Gasteiger partial charge >= 0.3 is 0 Å². The van der Waals surface area contributed by atoms with Crippen molar-refractivity contribution in [3.63, 3.8) is 0 Å². The molecule has 0 atom stereocenters. The topological polar surface area (TPSA) is 83.8 Å². The van der Waals surface area contributed by atoms with Crippen molar-refractivity contribution in [3.8, 4) is 11.3 Å². The van der Waals surface area contributed by atoms with E-state index in [4.69, 9.17) is 0 Å². The Morgan fingerprint density at radius 3 is 2.90 bits per heavy atom. The lowest BCUT2D eigenvalue weighted by Crippen LogP contribution is -2.09. The number of anilines is 2. The van der Waals surface area contributed by atoms with Gasteiger partial charge in [-0.1, -0.05) is 6.58 Å². The summed E-state index contributed by atoms with van der Waals surface area (Å²) in [4.78, 5) is 12.7. The third-order valence-corrected chi connectivity index (χ3v) is 3.23. The van der Waals surface area contributed by atoms with Gasteiger partial charge in [0.1, 0.15) is 11.3 Å². The van der Waals surface area contributed by atoms with Crippen LogP contribution in [0.5, 0.6) is 0 Å². The summed E-state index contributed by atoms with van der Waals surface area (Å²) in [5.74, 6) is 1.35. The number of hydrogen-bond donors (Lipinski definition) is 2. The zero-order chi connectivity index (χ0) is 14.2. The standard InChI is InChI=1S/C14H11N7/c1-9-19-14(20-13-8-15-4-5-16-13)12-3-2-11(21(9)12)10-6-17-18-7-10/h2-8H,1H2,(H,17,18)(H,16,19,20). The minimum Gasteiger partial charge on any atom is -0.322 e. The fourth-order valence-corrected chi connectivity index (χ4v) is 2.33. The van der Waals surface area contributed by atoms with Gasteiger partial charge in [0, 0.05) is 24.2 Å². The Bertz CT molecular complexity index is 925. The van der Waals surface area contributed by atoms with E-state index in [1.807, 2.05) is 22.7 Å². The van der Waals surface area contributed by atoms with Gasteiger partial charge in [-0.05, 0) is 12.1 Å². The number of hydrogen-bond acceptors (Lipinski definition) is 5. The molecular formula is C14H11N7. The number of imidazole rings is 1. The molecule has 0 radical (unpaired) electrons. The van der Waals surface area contributed by atoms with Crippen LogP contribution in [0.2, 0.25) is 0 Å². The molecule has 7 nitrogen and oxygen atoms in total. The Labute approximate surface area is 119 Å². The molecule has 0 spiro atoms. The highest BCUT2D eigenvalue weighted by molar-refractivity contribution is 5.78. The Morgan fingerprint density at radius 2 is 2.14 bits per heavy atom. The normalized spacial score (nSPS) is 11.0. The fraction of sp³-hybridized carbons (Fsp3) is 0. The summed E-state index contributed by atoms with van der Waals surface area (Å²) in [7, 11) is 0. The molecular weight excluding hydrogens is 266 g/mol. The number of fused-ring (bicyclic) bond motifs is 1. The lowest BCUT2D eigenvalue weighted by Gasteiger charge is -2.00. The zero-order valence-electron chi connectivity index (χ0n) is 11.0. The summed E-state index contributed by atoms with van der Waals surface area (Å²) in [6.45, 7) is 4.00. The molecule has 7 heteroatoms. The molecule has 0 saturated heterocycles. The molecule has 4 rings (SSSR count). The maximum atomic E-state index is 4.46. The molecule has 4 aromatic rings. The summed E-state index contributed by atoms with van der Waals surface area (Å²) in [6, 6.07) is 4.00. The summed E-state index contributed by atoms with van der Waals surface area (Å²) in [5.41, 5.74) is 3.56. The molecule has 4 aromatic heterocycles. The molecule has 0 saturated carbocycles. The Kier molecular flexibility index (Phi) is 2.43. The Morgan fingerprint density at radius 1 is 1.19 bits per heavy atom. The van der Waals surface area contributed by atoms with Gasteiger partial charge in [-0.3, -0.25) is 14.5 Å². The van der Waals surface area contributed by atoms with E-state index < -0.39 is 0 Å². The smallest absolute Gasteiger partial charge is 0.158 e. The van der Waals surface area contributed by atoms with Crippen molar-refractivity contribution in [2.24, 2.45) is 0 Å².